The van der Waals surface area contributed by atoms with Crippen molar-refractivity contribution >= 4 is 5.91 Å². The van der Waals surface area contributed by atoms with Gasteiger partial charge in [-0.3, -0.25) is 10.2 Å². The minimum absolute atomic E-state index is 0.132. The quantitative estimate of drug-likeness (QED) is 0.467. The maximum atomic E-state index is 12.4. The van der Waals surface area contributed by atoms with Crippen LogP contribution in [0.2, 0.25) is 0 Å². The second kappa shape index (κ2) is 10.5. The molecule has 0 spiro atoms. The third kappa shape index (κ3) is 5.76. The molecule has 1 amide bonds. The molecule has 0 unspecified atom stereocenters. The monoisotopic (exact) mass is 412 g/mol. The minimum atomic E-state index is -0.132. The number of amides is 1. The van der Waals surface area contributed by atoms with E-state index in [1.807, 2.05) is 60.7 Å². The molecular weight excluding hydrogens is 384 g/mol. The van der Waals surface area contributed by atoms with Crippen LogP contribution in [-0.2, 0) is 6.61 Å². The average molecular weight is 413 g/mol. The van der Waals surface area contributed by atoms with Gasteiger partial charge in [-0.1, -0.05) is 73.2 Å². The Morgan fingerprint density at radius 3 is 2.45 bits per heavy atom. The van der Waals surface area contributed by atoms with Crippen LogP contribution in [0.25, 0.3) is 11.1 Å². The van der Waals surface area contributed by atoms with E-state index in [9.17, 15) is 4.79 Å². The lowest BCUT2D eigenvalue weighted by Crippen LogP contribution is -2.36. The molecule has 0 aliphatic heterocycles. The van der Waals surface area contributed by atoms with Crippen LogP contribution in [0.1, 0.15) is 48.0 Å². The molecular formula is C27H28N2O2. The van der Waals surface area contributed by atoms with Crippen LogP contribution in [-0.4, -0.2) is 5.91 Å². The number of rotatable bonds is 7. The Morgan fingerprint density at radius 1 is 0.839 bits per heavy atom. The van der Waals surface area contributed by atoms with E-state index < -0.39 is 0 Å². The number of allylic oxidation sites excluding steroid dienone is 2. The zero-order valence-electron chi connectivity index (χ0n) is 17.6. The van der Waals surface area contributed by atoms with Crippen molar-refractivity contribution in [2.45, 2.75) is 38.7 Å². The first-order valence-corrected chi connectivity index (χ1v) is 10.9. The number of para-hydroxylation sites is 1. The predicted molar refractivity (Wildman–Crippen MR) is 124 cm³/mol. The van der Waals surface area contributed by atoms with Crippen molar-refractivity contribution in [3.8, 4) is 16.9 Å². The van der Waals surface area contributed by atoms with Crippen molar-refractivity contribution < 1.29 is 9.53 Å². The molecule has 158 valence electrons. The highest BCUT2D eigenvalue weighted by molar-refractivity contribution is 5.93. The Bertz CT molecular complexity index is 1030. The third-order valence-corrected chi connectivity index (χ3v) is 5.46. The normalized spacial score (nSPS) is 13.6. The van der Waals surface area contributed by atoms with Crippen molar-refractivity contribution in [2.75, 3.05) is 0 Å². The van der Waals surface area contributed by atoms with Crippen molar-refractivity contribution in [1.29, 1.82) is 0 Å². The molecule has 4 rings (SSSR count). The Labute approximate surface area is 183 Å². The fourth-order valence-corrected chi connectivity index (χ4v) is 3.70. The molecule has 0 heterocycles. The Balaban J connectivity index is 1.34. The molecule has 1 aliphatic rings. The molecule has 0 aromatic heterocycles. The van der Waals surface area contributed by atoms with Gasteiger partial charge in [0.05, 0.1) is 0 Å². The number of hydrazine groups is 1. The van der Waals surface area contributed by atoms with Crippen molar-refractivity contribution in [3.05, 3.63) is 102 Å². The number of ether oxygens (including phenoxy) is 1. The molecule has 0 fully saturated rings. The van der Waals surface area contributed by atoms with Gasteiger partial charge in [0.25, 0.3) is 5.91 Å². The third-order valence-electron chi connectivity index (χ3n) is 5.46. The summed E-state index contributed by atoms with van der Waals surface area (Å²) >= 11 is 0. The van der Waals surface area contributed by atoms with Crippen molar-refractivity contribution in [3.63, 3.8) is 0 Å². The molecule has 1 aliphatic carbocycles. The Hall–Kier alpha value is -3.53. The Kier molecular flexibility index (Phi) is 7.01. The van der Waals surface area contributed by atoms with E-state index in [1.54, 1.807) is 0 Å². The van der Waals surface area contributed by atoms with Gasteiger partial charge < -0.3 is 10.2 Å². The van der Waals surface area contributed by atoms with Gasteiger partial charge in [0.15, 0.2) is 0 Å². The fourth-order valence-electron chi connectivity index (χ4n) is 3.70. The van der Waals surface area contributed by atoms with Crippen LogP contribution < -0.4 is 15.6 Å². The molecule has 3 aromatic carbocycles. The minimum Gasteiger partial charge on any atom is -0.488 e. The fraction of sp³-hybridized carbons (Fsp3) is 0.222. The molecule has 0 saturated carbocycles. The topological polar surface area (TPSA) is 50.4 Å². The molecule has 4 nitrogen and oxygen atoms in total. The van der Waals surface area contributed by atoms with Gasteiger partial charge in [0, 0.05) is 16.8 Å². The summed E-state index contributed by atoms with van der Waals surface area (Å²) in [6.45, 7) is 0.441. The lowest BCUT2D eigenvalue weighted by atomic mass is 10.0. The Morgan fingerprint density at radius 2 is 1.61 bits per heavy atom. The van der Waals surface area contributed by atoms with Crippen molar-refractivity contribution in [1.82, 2.24) is 10.9 Å². The SMILES string of the molecule is O=C(NNC1=CCCCCC1)c1ccc(COc2ccccc2-c2ccccc2)cc1. The first-order valence-electron chi connectivity index (χ1n) is 10.9. The van der Waals surface area contributed by atoms with Crippen LogP contribution in [0.5, 0.6) is 5.75 Å². The number of nitrogens with one attached hydrogen (secondary N) is 2. The van der Waals surface area contributed by atoms with Gasteiger partial charge in [0.2, 0.25) is 0 Å². The summed E-state index contributed by atoms with van der Waals surface area (Å²) in [5, 5.41) is 0. The van der Waals surface area contributed by atoms with Crippen LogP contribution in [0, 0.1) is 0 Å². The standard InChI is InChI=1S/C27H28N2O2/c30-27(29-28-24-12-6-1-2-7-13-24)23-18-16-21(17-19-23)20-31-26-15-9-8-14-25(26)22-10-4-3-5-11-22/h3-5,8-12,14-19,28H,1-2,6-7,13,20H2,(H,29,30). The van der Waals surface area contributed by atoms with E-state index in [0.717, 1.165) is 47.4 Å². The highest BCUT2D eigenvalue weighted by Gasteiger charge is 2.09. The van der Waals surface area contributed by atoms with Gasteiger partial charge in [-0.25, -0.2) is 0 Å². The van der Waals surface area contributed by atoms with E-state index in [2.05, 4.69) is 35.1 Å². The largest absolute Gasteiger partial charge is 0.488 e. The number of carbonyl (C=O) groups is 1. The summed E-state index contributed by atoms with van der Waals surface area (Å²) in [5.74, 6) is 0.712. The van der Waals surface area contributed by atoms with E-state index in [-0.39, 0.29) is 5.91 Å². The molecule has 0 saturated heterocycles. The summed E-state index contributed by atoms with van der Waals surface area (Å²) in [7, 11) is 0. The van der Waals surface area contributed by atoms with Gasteiger partial charge in [-0.15, -0.1) is 0 Å². The summed E-state index contributed by atoms with van der Waals surface area (Å²) < 4.78 is 6.10. The van der Waals surface area contributed by atoms with E-state index in [4.69, 9.17) is 4.74 Å². The predicted octanol–water partition coefficient (Wildman–Crippen LogP) is 6.02. The molecule has 0 bridgehead atoms. The van der Waals surface area contributed by atoms with Crippen LogP contribution in [0.15, 0.2) is 90.6 Å². The molecule has 2 N–H and O–H groups in total. The molecule has 4 heteroatoms. The van der Waals surface area contributed by atoms with Crippen LogP contribution in [0.3, 0.4) is 0 Å². The van der Waals surface area contributed by atoms with Gasteiger partial charge >= 0.3 is 0 Å². The lowest BCUT2D eigenvalue weighted by molar-refractivity contribution is 0.0938. The van der Waals surface area contributed by atoms with Crippen LogP contribution >= 0.6 is 0 Å². The first-order chi connectivity index (χ1) is 15.3. The van der Waals surface area contributed by atoms with E-state index in [0.29, 0.717) is 12.2 Å². The average Bonchev–Trinajstić information content (AvgIpc) is 3.11. The van der Waals surface area contributed by atoms with Gasteiger partial charge in [-0.2, -0.15) is 0 Å². The van der Waals surface area contributed by atoms with Gasteiger partial charge in [-0.05, 0) is 55.0 Å². The van der Waals surface area contributed by atoms with Gasteiger partial charge in [0.1, 0.15) is 12.4 Å². The lowest BCUT2D eigenvalue weighted by Gasteiger charge is -2.13. The highest BCUT2D eigenvalue weighted by atomic mass is 16.5. The first kappa shape index (κ1) is 20.7. The maximum absolute atomic E-state index is 12.4. The van der Waals surface area contributed by atoms with Crippen molar-refractivity contribution in [2.24, 2.45) is 0 Å². The summed E-state index contributed by atoms with van der Waals surface area (Å²) in [6.07, 6.45) is 7.87. The number of benzene rings is 3. The molecule has 31 heavy (non-hydrogen) atoms. The second-order valence-electron chi connectivity index (χ2n) is 7.76. The highest BCUT2D eigenvalue weighted by Crippen LogP contribution is 2.30. The zero-order valence-corrected chi connectivity index (χ0v) is 17.6. The summed E-state index contributed by atoms with van der Waals surface area (Å²) in [4.78, 5) is 12.4. The molecule has 0 radical (unpaired) electrons. The smallest absolute Gasteiger partial charge is 0.269 e. The summed E-state index contributed by atoms with van der Waals surface area (Å²) in [6, 6.07) is 25.8. The number of hydrogen-bond donors (Lipinski definition) is 2. The molecule has 3 aromatic rings. The van der Waals surface area contributed by atoms with E-state index in [1.165, 1.54) is 12.8 Å². The zero-order chi connectivity index (χ0) is 21.3. The summed E-state index contributed by atoms with van der Waals surface area (Å²) in [5.41, 5.74) is 10.8. The van der Waals surface area contributed by atoms with Crippen LogP contribution in [0.4, 0.5) is 0 Å². The van der Waals surface area contributed by atoms with E-state index >= 15 is 0 Å². The number of hydrogen-bond acceptors (Lipinski definition) is 3. The maximum Gasteiger partial charge on any atom is 0.269 e. The molecule has 0 atom stereocenters. The number of carbonyl (C=O) groups excluding carboxylic acids is 1. The second-order valence-corrected chi connectivity index (χ2v) is 7.76.